The van der Waals surface area contributed by atoms with Crippen LogP contribution in [0.2, 0.25) is 5.02 Å². The summed E-state index contributed by atoms with van der Waals surface area (Å²) in [6.07, 6.45) is 3.22. The van der Waals surface area contributed by atoms with Crippen molar-refractivity contribution in [1.29, 1.82) is 0 Å². The molecule has 1 aromatic carbocycles. The van der Waals surface area contributed by atoms with Crippen molar-refractivity contribution in [1.82, 2.24) is 19.1 Å². The van der Waals surface area contributed by atoms with E-state index in [0.717, 1.165) is 11.3 Å². The van der Waals surface area contributed by atoms with Crippen LogP contribution >= 0.6 is 11.6 Å². The van der Waals surface area contributed by atoms with Gasteiger partial charge in [0.05, 0.1) is 24.3 Å². The number of hydrogen-bond acceptors (Lipinski definition) is 4. The summed E-state index contributed by atoms with van der Waals surface area (Å²) in [5, 5.41) is 0.596. The van der Waals surface area contributed by atoms with Crippen LogP contribution in [-0.4, -0.2) is 19.1 Å². The number of halogens is 1. The number of hydrogen-bond donors (Lipinski definition) is 0. The highest BCUT2D eigenvalue weighted by atomic mass is 35.5. The van der Waals surface area contributed by atoms with Crippen LogP contribution in [0.3, 0.4) is 0 Å². The Hall–Kier alpha value is -3.25. The summed E-state index contributed by atoms with van der Waals surface area (Å²) in [5.74, 6) is 0. The zero-order valence-electron chi connectivity index (χ0n) is 14.2. The predicted octanol–water partition coefficient (Wildman–Crippen LogP) is 2.70. The van der Waals surface area contributed by atoms with E-state index in [1.54, 1.807) is 48.8 Å². The third-order valence-corrected chi connectivity index (χ3v) is 4.54. The molecule has 0 amide bonds. The normalized spacial score (nSPS) is 11.0. The lowest BCUT2D eigenvalue weighted by Gasteiger charge is -2.13. The van der Waals surface area contributed by atoms with E-state index in [2.05, 4.69) is 9.97 Å². The van der Waals surface area contributed by atoms with Crippen molar-refractivity contribution in [3.8, 4) is 0 Å². The molecule has 0 aliphatic rings. The van der Waals surface area contributed by atoms with Gasteiger partial charge in [0.15, 0.2) is 5.52 Å². The van der Waals surface area contributed by atoms with Gasteiger partial charge in [-0.2, -0.15) is 0 Å². The van der Waals surface area contributed by atoms with Gasteiger partial charge in [0, 0.05) is 17.4 Å². The van der Waals surface area contributed by atoms with Gasteiger partial charge < -0.3 is 0 Å². The van der Waals surface area contributed by atoms with Crippen LogP contribution in [0.25, 0.3) is 11.0 Å². The van der Waals surface area contributed by atoms with Crippen LogP contribution in [0.5, 0.6) is 0 Å². The number of benzene rings is 1. The Balaban J connectivity index is 1.90. The topological polar surface area (TPSA) is 69.8 Å². The van der Waals surface area contributed by atoms with Gasteiger partial charge in [-0.1, -0.05) is 29.8 Å². The fraction of sp³-hybridized carbons (Fsp3) is 0.100. The van der Waals surface area contributed by atoms with E-state index in [1.165, 1.54) is 9.13 Å². The molecule has 134 valence electrons. The zero-order valence-corrected chi connectivity index (χ0v) is 15.0. The minimum absolute atomic E-state index is 0.142. The van der Waals surface area contributed by atoms with E-state index < -0.39 is 11.2 Å². The Morgan fingerprint density at radius 1 is 0.815 bits per heavy atom. The van der Waals surface area contributed by atoms with Crippen LogP contribution < -0.4 is 11.2 Å². The molecule has 0 atom stereocenters. The molecule has 4 rings (SSSR count). The monoisotopic (exact) mass is 378 g/mol. The molecule has 0 spiro atoms. The maximum atomic E-state index is 13.1. The van der Waals surface area contributed by atoms with E-state index in [-0.39, 0.29) is 18.6 Å². The highest BCUT2D eigenvalue weighted by Crippen LogP contribution is 2.11. The van der Waals surface area contributed by atoms with Gasteiger partial charge in [-0.15, -0.1) is 0 Å². The molecule has 0 saturated carbocycles. The van der Waals surface area contributed by atoms with Crippen LogP contribution in [0.1, 0.15) is 11.3 Å². The van der Waals surface area contributed by atoms with Gasteiger partial charge >= 0.3 is 5.69 Å². The van der Waals surface area contributed by atoms with E-state index in [9.17, 15) is 9.59 Å². The van der Waals surface area contributed by atoms with Crippen molar-refractivity contribution >= 4 is 22.6 Å². The molecule has 0 fully saturated rings. The lowest BCUT2D eigenvalue weighted by atomic mass is 10.2. The molecule has 7 heteroatoms. The van der Waals surface area contributed by atoms with Gasteiger partial charge in [-0.25, -0.2) is 9.78 Å². The predicted molar refractivity (Wildman–Crippen MR) is 104 cm³/mol. The molecule has 3 aromatic heterocycles. The summed E-state index contributed by atoms with van der Waals surface area (Å²) in [6.45, 7) is 0.395. The quantitative estimate of drug-likeness (QED) is 0.547. The number of nitrogens with zero attached hydrogens (tertiary/aromatic N) is 4. The summed E-state index contributed by atoms with van der Waals surface area (Å²) >= 11 is 5.92. The number of rotatable bonds is 4. The Kier molecular flexibility index (Phi) is 4.56. The molecular weight excluding hydrogens is 364 g/mol. The second-order valence-corrected chi connectivity index (χ2v) is 6.52. The average molecular weight is 379 g/mol. The summed E-state index contributed by atoms with van der Waals surface area (Å²) in [4.78, 5) is 34.5. The molecule has 0 radical (unpaired) electrons. The van der Waals surface area contributed by atoms with Crippen molar-refractivity contribution in [3.63, 3.8) is 0 Å². The third-order valence-electron chi connectivity index (χ3n) is 4.29. The first-order valence-corrected chi connectivity index (χ1v) is 8.74. The second kappa shape index (κ2) is 7.17. The molecule has 0 unspecified atom stereocenters. The highest BCUT2D eigenvalue weighted by Gasteiger charge is 2.15. The van der Waals surface area contributed by atoms with Crippen LogP contribution in [0.4, 0.5) is 0 Å². The third kappa shape index (κ3) is 3.39. The largest absolute Gasteiger partial charge is 0.332 e. The fourth-order valence-electron chi connectivity index (χ4n) is 2.96. The number of pyridine rings is 2. The van der Waals surface area contributed by atoms with Crippen molar-refractivity contribution < 1.29 is 0 Å². The van der Waals surface area contributed by atoms with Crippen molar-refractivity contribution in [3.05, 3.63) is 104 Å². The Morgan fingerprint density at radius 3 is 2.33 bits per heavy atom. The first-order chi connectivity index (χ1) is 13.1. The van der Waals surface area contributed by atoms with Gasteiger partial charge in [-0.3, -0.25) is 18.9 Å². The first kappa shape index (κ1) is 17.2. The van der Waals surface area contributed by atoms with E-state index in [4.69, 9.17) is 11.6 Å². The van der Waals surface area contributed by atoms with Crippen LogP contribution in [0, 0.1) is 0 Å². The van der Waals surface area contributed by atoms with Crippen molar-refractivity contribution in [2.24, 2.45) is 0 Å². The summed E-state index contributed by atoms with van der Waals surface area (Å²) in [6, 6.07) is 16.0. The standard InChI is InChI=1S/C20H15ClN4O2/c21-15-8-6-14(7-9-15)12-25-19(26)18-17(5-3-11-23-18)24(20(25)27)13-16-4-1-2-10-22-16/h1-11H,12-13H2. The van der Waals surface area contributed by atoms with Crippen LogP contribution in [-0.2, 0) is 13.1 Å². The molecular formula is C20H15ClN4O2. The molecule has 0 N–H and O–H groups in total. The number of fused-ring (bicyclic) bond motifs is 1. The van der Waals surface area contributed by atoms with Gasteiger partial charge in [-0.05, 0) is 42.0 Å². The molecule has 6 nitrogen and oxygen atoms in total. The Bertz CT molecular complexity index is 1210. The maximum absolute atomic E-state index is 13.1. The summed E-state index contributed by atoms with van der Waals surface area (Å²) in [5.41, 5.74) is 1.45. The van der Waals surface area contributed by atoms with Crippen molar-refractivity contribution in [2.45, 2.75) is 13.1 Å². The van der Waals surface area contributed by atoms with Crippen LogP contribution in [0.15, 0.2) is 76.6 Å². The fourth-order valence-corrected chi connectivity index (χ4v) is 3.09. The second-order valence-electron chi connectivity index (χ2n) is 6.08. The average Bonchev–Trinajstić information content (AvgIpc) is 2.71. The molecule has 0 saturated heterocycles. The minimum atomic E-state index is -0.414. The molecule has 0 aliphatic carbocycles. The Labute approximate surface area is 159 Å². The summed E-state index contributed by atoms with van der Waals surface area (Å²) < 4.78 is 2.73. The zero-order chi connectivity index (χ0) is 18.8. The lowest BCUT2D eigenvalue weighted by molar-refractivity contribution is 0.628. The van der Waals surface area contributed by atoms with E-state index in [1.807, 2.05) is 18.2 Å². The smallest absolute Gasteiger partial charge is 0.286 e. The molecule has 4 aromatic rings. The van der Waals surface area contributed by atoms with E-state index in [0.29, 0.717) is 10.5 Å². The maximum Gasteiger partial charge on any atom is 0.332 e. The minimum Gasteiger partial charge on any atom is -0.286 e. The molecule has 3 heterocycles. The van der Waals surface area contributed by atoms with Gasteiger partial charge in [0.2, 0.25) is 0 Å². The van der Waals surface area contributed by atoms with Gasteiger partial charge in [0.1, 0.15) is 0 Å². The number of aromatic nitrogens is 4. The highest BCUT2D eigenvalue weighted by molar-refractivity contribution is 6.30. The molecule has 0 aliphatic heterocycles. The Morgan fingerprint density at radius 2 is 1.59 bits per heavy atom. The lowest BCUT2D eigenvalue weighted by Crippen LogP contribution is -2.41. The molecule has 27 heavy (non-hydrogen) atoms. The molecule has 0 bridgehead atoms. The van der Waals surface area contributed by atoms with E-state index >= 15 is 0 Å². The van der Waals surface area contributed by atoms with Crippen molar-refractivity contribution in [2.75, 3.05) is 0 Å². The van der Waals surface area contributed by atoms with Gasteiger partial charge in [0.25, 0.3) is 5.56 Å². The summed E-state index contributed by atoms with van der Waals surface area (Å²) in [7, 11) is 0. The first-order valence-electron chi connectivity index (χ1n) is 8.36. The SMILES string of the molecule is O=c1c2ncccc2n(Cc2ccccn2)c(=O)n1Cc1ccc(Cl)cc1.